The lowest BCUT2D eigenvalue weighted by molar-refractivity contribution is -0.105. The number of aromatic amines is 1. The summed E-state index contributed by atoms with van der Waals surface area (Å²) in [6.45, 7) is 1.84. The number of aliphatic hydroxyl groups excluding tert-OH is 1. The van der Waals surface area contributed by atoms with E-state index in [0.29, 0.717) is 29.3 Å². The van der Waals surface area contributed by atoms with Crippen LogP contribution in [-0.4, -0.2) is 35.6 Å². The molecule has 0 saturated carbocycles. The van der Waals surface area contributed by atoms with E-state index in [9.17, 15) is 14.7 Å². The SMILES string of the molecule is CCC(O)C#Cc1ccc2c(C(N)=O)c(NC=O)[nH]c2c1.CN. The minimum absolute atomic E-state index is 0.227. The Labute approximate surface area is 134 Å². The first-order chi connectivity index (χ1) is 11.1. The molecule has 2 rings (SSSR count). The fraction of sp³-hybridized carbons (Fsp3) is 0.250. The number of primary amides is 1. The molecule has 0 saturated heterocycles. The number of nitrogens with two attached hydrogens (primary N) is 2. The number of nitrogens with one attached hydrogen (secondary N) is 2. The predicted molar refractivity (Wildman–Crippen MR) is 89.8 cm³/mol. The molecule has 0 aliphatic carbocycles. The van der Waals surface area contributed by atoms with Crippen molar-refractivity contribution in [3.63, 3.8) is 0 Å². The third-order valence-corrected chi connectivity index (χ3v) is 3.02. The van der Waals surface area contributed by atoms with Crippen LogP contribution < -0.4 is 16.8 Å². The molecule has 7 N–H and O–H groups in total. The molecule has 1 heterocycles. The predicted octanol–water partition coefficient (Wildman–Crippen LogP) is 0.532. The van der Waals surface area contributed by atoms with Crippen LogP contribution in [0.3, 0.4) is 0 Å². The van der Waals surface area contributed by atoms with Crippen LogP contribution in [0.4, 0.5) is 5.82 Å². The van der Waals surface area contributed by atoms with Crippen molar-refractivity contribution in [1.29, 1.82) is 0 Å². The van der Waals surface area contributed by atoms with Gasteiger partial charge in [-0.15, -0.1) is 0 Å². The van der Waals surface area contributed by atoms with E-state index in [2.05, 4.69) is 27.9 Å². The van der Waals surface area contributed by atoms with Crippen LogP contribution >= 0.6 is 0 Å². The molecule has 23 heavy (non-hydrogen) atoms. The fourth-order valence-electron chi connectivity index (χ4n) is 1.97. The van der Waals surface area contributed by atoms with E-state index in [-0.39, 0.29) is 11.4 Å². The minimum atomic E-state index is -0.669. The normalized spacial score (nSPS) is 10.8. The molecule has 1 aromatic carbocycles. The van der Waals surface area contributed by atoms with Gasteiger partial charge in [0.05, 0.1) is 5.56 Å². The summed E-state index contributed by atoms with van der Waals surface area (Å²) in [5.41, 5.74) is 11.4. The van der Waals surface area contributed by atoms with Crippen molar-refractivity contribution in [3.05, 3.63) is 29.3 Å². The number of fused-ring (bicyclic) bond motifs is 1. The molecule has 7 nitrogen and oxygen atoms in total. The second-order valence-electron chi connectivity index (χ2n) is 4.46. The number of H-pyrrole nitrogens is 1. The molecule has 0 bridgehead atoms. The highest BCUT2D eigenvalue weighted by Gasteiger charge is 2.15. The van der Waals surface area contributed by atoms with Crippen LogP contribution in [0.15, 0.2) is 18.2 Å². The number of anilines is 1. The molecule has 0 aliphatic heterocycles. The van der Waals surface area contributed by atoms with Crippen LogP contribution in [0.2, 0.25) is 0 Å². The fourth-order valence-corrected chi connectivity index (χ4v) is 1.97. The number of amides is 2. The number of aromatic nitrogens is 1. The molecular weight excluding hydrogens is 296 g/mol. The first-order valence-electron chi connectivity index (χ1n) is 6.99. The number of aliphatic hydroxyl groups is 1. The van der Waals surface area contributed by atoms with Gasteiger partial charge in [-0.2, -0.15) is 0 Å². The zero-order valence-electron chi connectivity index (χ0n) is 13.0. The van der Waals surface area contributed by atoms with E-state index >= 15 is 0 Å². The molecule has 1 aromatic heterocycles. The van der Waals surface area contributed by atoms with Gasteiger partial charge in [0.2, 0.25) is 6.41 Å². The first kappa shape index (κ1) is 18.2. The highest BCUT2D eigenvalue weighted by Crippen LogP contribution is 2.26. The van der Waals surface area contributed by atoms with Gasteiger partial charge < -0.3 is 26.9 Å². The summed E-state index contributed by atoms with van der Waals surface area (Å²) in [5, 5.41) is 12.4. The lowest BCUT2D eigenvalue weighted by Gasteiger charge is -1.97. The van der Waals surface area contributed by atoms with Crippen LogP contribution in [0, 0.1) is 11.8 Å². The van der Waals surface area contributed by atoms with Crippen LogP contribution in [0.25, 0.3) is 10.9 Å². The summed E-state index contributed by atoms with van der Waals surface area (Å²) in [4.78, 5) is 25.0. The van der Waals surface area contributed by atoms with E-state index in [1.54, 1.807) is 18.2 Å². The average Bonchev–Trinajstić information content (AvgIpc) is 2.92. The molecule has 1 atom stereocenters. The van der Waals surface area contributed by atoms with Gasteiger partial charge >= 0.3 is 0 Å². The van der Waals surface area contributed by atoms with Gasteiger partial charge in [-0.05, 0) is 25.6 Å². The Morgan fingerprint density at radius 2 is 2.17 bits per heavy atom. The van der Waals surface area contributed by atoms with Crippen LogP contribution in [-0.2, 0) is 4.79 Å². The minimum Gasteiger partial charge on any atom is -0.380 e. The third-order valence-electron chi connectivity index (χ3n) is 3.02. The number of benzene rings is 1. The van der Waals surface area contributed by atoms with Gasteiger partial charge in [-0.3, -0.25) is 9.59 Å². The maximum atomic E-state index is 11.5. The Balaban J connectivity index is 0.00000127. The second kappa shape index (κ2) is 8.58. The summed E-state index contributed by atoms with van der Waals surface area (Å²) >= 11 is 0. The quantitative estimate of drug-likeness (QED) is 0.415. The Bertz CT molecular complexity index is 756. The summed E-state index contributed by atoms with van der Waals surface area (Å²) in [7, 11) is 1.50. The zero-order valence-corrected chi connectivity index (χ0v) is 13.0. The monoisotopic (exact) mass is 316 g/mol. The van der Waals surface area contributed by atoms with Gasteiger partial charge in [0.15, 0.2) is 0 Å². The molecular formula is C16H20N4O3. The van der Waals surface area contributed by atoms with Crippen LogP contribution in [0.1, 0.15) is 29.3 Å². The van der Waals surface area contributed by atoms with E-state index in [1.165, 1.54) is 7.05 Å². The molecule has 0 radical (unpaired) electrons. The molecule has 2 amide bonds. The summed E-state index contributed by atoms with van der Waals surface area (Å²) in [6.07, 6.45) is 0.352. The third kappa shape index (κ3) is 4.32. The Morgan fingerprint density at radius 3 is 2.74 bits per heavy atom. The van der Waals surface area contributed by atoms with Crippen molar-refractivity contribution >= 4 is 29.0 Å². The maximum Gasteiger partial charge on any atom is 0.253 e. The number of hydrogen-bond donors (Lipinski definition) is 5. The summed E-state index contributed by atoms with van der Waals surface area (Å²) < 4.78 is 0. The molecule has 7 heteroatoms. The number of carbonyl (C=O) groups excluding carboxylic acids is 2. The largest absolute Gasteiger partial charge is 0.380 e. The summed E-state index contributed by atoms with van der Waals surface area (Å²) in [5.74, 6) is 5.18. The van der Waals surface area contributed by atoms with Crippen molar-refractivity contribution in [3.8, 4) is 11.8 Å². The van der Waals surface area contributed by atoms with Crippen LogP contribution in [0.5, 0.6) is 0 Å². The summed E-state index contributed by atoms with van der Waals surface area (Å²) in [6, 6.07) is 5.15. The van der Waals surface area contributed by atoms with E-state index < -0.39 is 12.0 Å². The van der Waals surface area contributed by atoms with Gasteiger partial charge in [-0.1, -0.05) is 24.8 Å². The van der Waals surface area contributed by atoms with Gasteiger partial charge in [0.25, 0.3) is 5.91 Å². The standard InChI is InChI=1S/C15H15N3O3.CH5N/c1-2-10(20)5-3-9-4-6-11-12(7-9)18-15(17-8-19)13(11)14(16)21;1-2/h4,6-8,10,18,20H,2H2,1H3,(H2,16,21)(H,17,19);2H2,1H3. The molecule has 1 unspecified atom stereocenters. The van der Waals surface area contributed by atoms with Crippen molar-refractivity contribution in [1.82, 2.24) is 4.98 Å². The zero-order chi connectivity index (χ0) is 17.4. The van der Waals surface area contributed by atoms with Gasteiger partial charge in [0.1, 0.15) is 11.9 Å². The van der Waals surface area contributed by atoms with Gasteiger partial charge in [-0.25, -0.2) is 0 Å². The number of rotatable bonds is 4. The van der Waals surface area contributed by atoms with Gasteiger partial charge in [0, 0.05) is 16.5 Å². The first-order valence-corrected chi connectivity index (χ1v) is 6.99. The smallest absolute Gasteiger partial charge is 0.253 e. The Hall–Kier alpha value is -2.82. The maximum absolute atomic E-state index is 11.5. The lowest BCUT2D eigenvalue weighted by Crippen LogP contribution is -2.13. The van der Waals surface area contributed by atoms with E-state index in [0.717, 1.165) is 0 Å². The highest BCUT2D eigenvalue weighted by atomic mass is 16.3. The number of carbonyl (C=O) groups is 2. The van der Waals surface area contributed by atoms with Crippen molar-refractivity contribution in [2.24, 2.45) is 11.5 Å². The molecule has 0 spiro atoms. The Morgan fingerprint density at radius 1 is 1.48 bits per heavy atom. The molecule has 0 fully saturated rings. The average molecular weight is 316 g/mol. The second-order valence-corrected chi connectivity index (χ2v) is 4.46. The van der Waals surface area contributed by atoms with Crippen molar-refractivity contribution in [2.45, 2.75) is 19.4 Å². The number of hydrogen-bond acceptors (Lipinski definition) is 4. The van der Waals surface area contributed by atoms with E-state index in [4.69, 9.17) is 5.73 Å². The molecule has 0 aliphatic rings. The van der Waals surface area contributed by atoms with Crippen molar-refractivity contribution in [2.75, 3.05) is 12.4 Å². The van der Waals surface area contributed by atoms with E-state index in [1.807, 2.05) is 6.92 Å². The van der Waals surface area contributed by atoms with Crippen molar-refractivity contribution < 1.29 is 14.7 Å². The highest BCUT2D eigenvalue weighted by molar-refractivity contribution is 6.12. The molecule has 122 valence electrons. The Kier molecular flexibility index (Phi) is 6.80. The topological polar surface area (TPSA) is 134 Å². The lowest BCUT2D eigenvalue weighted by atomic mass is 10.1. The molecule has 2 aromatic rings.